The summed E-state index contributed by atoms with van der Waals surface area (Å²) in [6.45, 7) is 2.52. The molecule has 1 amide bonds. The summed E-state index contributed by atoms with van der Waals surface area (Å²) in [6.07, 6.45) is 1.03. The van der Waals surface area contributed by atoms with Crippen molar-refractivity contribution in [3.63, 3.8) is 0 Å². The third-order valence-corrected chi connectivity index (χ3v) is 5.09. The van der Waals surface area contributed by atoms with Gasteiger partial charge in [0.1, 0.15) is 4.90 Å². The first kappa shape index (κ1) is 15.7. The van der Waals surface area contributed by atoms with Crippen molar-refractivity contribution < 1.29 is 17.6 Å². The van der Waals surface area contributed by atoms with E-state index in [0.29, 0.717) is 18.4 Å². The maximum absolute atomic E-state index is 14.1. The van der Waals surface area contributed by atoms with Gasteiger partial charge in [0, 0.05) is 21.7 Å². The van der Waals surface area contributed by atoms with Crippen LogP contribution in [-0.2, 0) is 9.05 Å². The lowest BCUT2D eigenvalue weighted by Crippen LogP contribution is -2.27. The van der Waals surface area contributed by atoms with Crippen molar-refractivity contribution in [2.75, 3.05) is 6.54 Å². The van der Waals surface area contributed by atoms with E-state index in [9.17, 15) is 17.6 Å². The van der Waals surface area contributed by atoms with E-state index in [-0.39, 0.29) is 10.0 Å². The Morgan fingerprint density at radius 3 is 2.65 bits per heavy atom. The standard InChI is InChI=1S/C12H12BrClFNO3S/c1-6-2-7(6)5-16-12(17)9-3-8(13)4-10(11(9)15)20(14,18)19/h3-4,6-7H,2,5H2,1H3,(H,16,17). The Morgan fingerprint density at radius 2 is 2.15 bits per heavy atom. The number of carbonyl (C=O) groups excluding carboxylic acids is 1. The van der Waals surface area contributed by atoms with Crippen LogP contribution in [0.5, 0.6) is 0 Å². The largest absolute Gasteiger partial charge is 0.352 e. The van der Waals surface area contributed by atoms with Gasteiger partial charge in [-0.25, -0.2) is 12.8 Å². The topological polar surface area (TPSA) is 63.2 Å². The van der Waals surface area contributed by atoms with Crippen LogP contribution in [0.4, 0.5) is 4.39 Å². The SMILES string of the molecule is CC1CC1CNC(=O)c1cc(Br)cc(S(=O)(=O)Cl)c1F. The number of carbonyl (C=O) groups is 1. The summed E-state index contributed by atoms with van der Waals surface area (Å²) in [4.78, 5) is 11.2. The molecule has 2 atom stereocenters. The number of amides is 1. The molecule has 4 nitrogen and oxygen atoms in total. The first-order valence-corrected chi connectivity index (χ1v) is 9.02. The molecule has 1 fully saturated rings. The second kappa shape index (κ2) is 5.61. The Labute approximate surface area is 129 Å². The van der Waals surface area contributed by atoms with E-state index in [1.165, 1.54) is 6.07 Å². The van der Waals surface area contributed by atoms with Crippen molar-refractivity contribution >= 4 is 41.6 Å². The molecule has 2 rings (SSSR count). The molecule has 1 aromatic carbocycles. The van der Waals surface area contributed by atoms with Crippen molar-refractivity contribution in [2.45, 2.75) is 18.2 Å². The third kappa shape index (κ3) is 3.51. The van der Waals surface area contributed by atoms with Gasteiger partial charge in [0.25, 0.3) is 15.0 Å². The van der Waals surface area contributed by atoms with Crippen molar-refractivity contribution in [3.8, 4) is 0 Å². The number of benzene rings is 1. The lowest BCUT2D eigenvalue weighted by Gasteiger charge is -2.08. The predicted molar refractivity (Wildman–Crippen MR) is 76.7 cm³/mol. The summed E-state index contributed by atoms with van der Waals surface area (Å²) >= 11 is 3.04. The van der Waals surface area contributed by atoms with Gasteiger partial charge >= 0.3 is 0 Å². The summed E-state index contributed by atoms with van der Waals surface area (Å²) in [7, 11) is 0.896. The maximum Gasteiger partial charge on any atom is 0.264 e. The van der Waals surface area contributed by atoms with Gasteiger partial charge in [0.05, 0.1) is 5.56 Å². The molecule has 110 valence electrons. The van der Waals surface area contributed by atoms with E-state index >= 15 is 0 Å². The zero-order valence-corrected chi connectivity index (χ0v) is 13.6. The lowest BCUT2D eigenvalue weighted by atomic mass is 10.2. The fourth-order valence-electron chi connectivity index (χ4n) is 1.91. The molecule has 2 unspecified atom stereocenters. The molecular weight excluding hydrogens is 373 g/mol. The second-order valence-corrected chi connectivity index (χ2v) is 8.34. The molecule has 0 heterocycles. The molecule has 1 N–H and O–H groups in total. The molecule has 0 aromatic heterocycles. The van der Waals surface area contributed by atoms with Gasteiger partial charge < -0.3 is 5.32 Å². The summed E-state index contributed by atoms with van der Waals surface area (Å²) in [5.41, 5.74) is -0.341. The van der Waals surface area contributed by atoms with Gasteiger partial charge in [-0.2, -0.15) is 0 Å². The highest BCUT2D eigenvalue weighted by atomic mass is 79.9. The number of hydrogen-bond acceptors (Lipinski definition) is 3. The molecule has 0 saturated heterocycles. The number of hydrogen-bond donors (Lipinski definition) is 1. The predicted octanol–water partition coefficient (Wildman–Crippen LogP) is 2.90. The average Bonchev–Trinajstić information content (AvgIpc) is 3.03. The Bertz CT molecular complexity index is 665. The van der Waals surface area contributed by atoms with Crippen LogP contribution in [0.2, 0.25) is 0 Å². The molecule has 1 aromatic rings. The Kier molecular flexibility index (Phi) is 4.41. The minimum Gasteiger partial charge on any atom is -0.352 e. The lowest BCUT2D eigenvalue weighted by molar-refractivity contribution is 0.0946. The van der Waals surface area contributed by atoms with E-state index in [1.807, 2.05) is 0 Å². The van der Waals surface area contributed by atoms with Gasteiger partial charge in [-0.15, -0.1) is 0 Å². The number of rotatable bonds is 4. The highest BCUT2D eigenvalue weighted by Gasteiger charge is 2.33. The normalized spacial score (nSPS) is 21.6. The van der Waals surface area contributed by atoms with Crippen LogP contribution in [0.15, 0.2) is 21.5 Å². The minimum absolute atomic E-state index is 0.267. The van der Waals surface area contributed by atoms with E-state index < -0.39 is 25.7 Å². The van der Waals surface area contributed by atoms with Crippen LogP contribution >= 0.6 is 26.6 Å². The van der Waals surface area contributed by atoms with Crippen molar-refractivity contribution in [1.29, 1.82) is 0 Å². The smallest absolute Gasteiger partial charge is 0.264 e. The average molecular weight is 385 g/mol. The Balaban J connectivity index is 2.26. The zero-order chi connectivity index (χ0) is 15.1. The van der Waals surface area contributed by atoms with Crippen LogP contribution in [0.25, 0.3) is 0 Å². The molecule has 0 aliphatic heterocycles. The summed E-state index contributed by atoms with van der Waals surface area (Å²) in [5.74, 6) is -0.819. The van der Waals surface area contributed by atoms with Gasteiger partial charge in [-0.3, -0.25) is 4.79 Å². The van der Waals surface area contributed by atoms with Gasteiger partial charge in [0.2, 0.25) is 0 Å². The molecule has 0 spiro atoms. The van der Waals surface area contributed by atoms with Gasteiger partial charge in [0.15, 0.2) is 5.82 Å². The molecular formula is C12H12BrClFNO3S. The van der Waals surface area contributed by atoms with E-state index in [4.69, 9.17) is 10.7 Å². The summed E-state index contributed by atoms with van der Waals surface area (Å²) < 4.78 is 36.9. The van der Waals surface area contributed by atoms with E-state index in [1.54, 1.807) is 0 Å². The van der Waals surface area contributed by atoms with Crippen LogP contribution in [-0.4, -0.2) is 20.9 Å². The minimum atomic E-state index is -4.25. The van der Waals surface area contributed by atoms with Gasteiger partial charge in [-0.05, 0) is 30.4 Å². The zero-order valence-electron chi connectivity index (χ0n) is 10.5. The first-order valence-electron chi connectivity index (χ1n) is 5.92. The quantitative estimate of drug-likeness (QED) is 0.812. The third-order valence-electron chi connectivity index (χ3n) is 3.31. The second-order valence-electron chi connectivity index (χ2n) is 4.89. The Morgan fingerprint density at radius 1 is 1.55 bits per heavy atom. The Hall–Kier alpha value is -0.660. The van der Waals surface area contributed by atoms with Crippen molar-refractivity contribution in [2.24, 2.45) is 11.8 Å². The van der Waals surface area contributed by atoms with Crippen molar-refractivity contribution in [1.82, 2.24) is 5.32 Å². The highest BCUT2D eigenvalue weighted by molar-refractivity contribution is 9.10. The van der Waals surface area contributed by atoms with Crippen LogP contribution in [0.1, 0.15) is 23.7 Å². The molecule has 1 saturated carbocycles. The number of halogens is 3. The maximum atomic E-state index is 14.1. The molecule has 20 heavy (non-hydrogen) atoms. The monoisotopic (exact) mass is 383 g/mol. The molecule has 0 radical (unpaired) electrons. The molecule has 0 bridgehead atoms. The van der Waals surface area contributed by atoms with Crippen LogP contribution in [0, 0.1) is 17.7 Å². The fourth-order valence-corrected chi connectivity index (χ4v) is 3.45. The highest BCUT2D eigenvalue weighted by Crippen LogP contribution is 2.36. The molecule has 1 aliphatic carbocycles. The van der Waals surface area contributed by atoms with Gasteiger partial charge in [-0.1, -0.05) is 22.9 Å². The van der Waals surface area contributed by atoms with Crippen LogP contribution in [0.3, 0.4) is 0 Å². The summed E-state index contributed by atoms with van der Waals surface area (Å²) in [6, 6.07) is 2.25. The van der Waals surface area contributed by atoms with Crippen LogP contribution < -0.4 is 5.32 Å². The first-order chi connectivity index (χ1) is 9.20. The molecule has 1 aliphatic rings. The fraction of sp³-hybridized carbons (Fsp3) is 0.417. The summed E-state index contributed by atoms with van der Waals surface area (Å²) in [5, 5.41) is 2.60. The van der Waals surface area contributed by atoms with Crippen molar-refractivity contribution in [3.05, 3.63) is 28.0 Å². The number of nitrogens with one attached hydrogen (secondary N) is 1. The molecule has 8 heteroatoms. The van der Waals surface area contributed by atoms with E-state index in [0.717, 1.165) is 12.5 Å². The van der Waals surface area contributed by atoms with E-state index in [2.05, 4.69) is 28.2 Å².